The molecule has 1 atom stereocenters. The number of carbonyl (C=O) groups excluding carboxylic acids is 2. The Morgan fingerprint density at radius 3 is 2.56 bits per heavy atom. The number of nitrogens with one attached hydrogen (secondary N) is 1. The Morgan fingerprint density at radius 1 is 1.39 bits per heavy atom. The lowest BCUT2D eigenvalue weighted by Crippen LogP contribution is -2.52. The number of amides is 1. The van der Waals surface area contributed by atoms with Crippen LogP contribution in [-0.4, -0.2) is 47.6 Å². The lowest BCUT2D eigenvalue weighted by Gasteiger charge is -2.40. The molecule has 2 rings (SSSR count). The first-order valence-corrected chi connectivity index (χ1v) is 6.63. The SMILES string of the molecule is CC(=O)OC1CC(C)(C)N(C2CCNCC2)C1=O. The van der Waals surface area contributed by atoms with Gasteiger partial charge in [-0.05, 0) is 39.8 Å². The standard InChI is InChI=1S/C13H22N2O3/c1-9(16)18-11-8-13(2,3)15(12(11)17)10-4-6-14-7-5-10/h10-11,14H,4-8H2,1-3H3. The third-order valence-corrected chi connectivity index (χ3v) is 3.83. The number of rotatable bonds is 2. The van der Waals surface area contributed by atoms with E-state index in [1.165, 1.54) is 6.92 Å². The van der Waals surface area contributed by atoms with Crippen molar-refractivity contribution in [3.8, 4) is 0 Å². The minimum Gasteiger partial charge on any atom is -0.452 e. The number of hydrogen-bond acceptors (Lipinski definition) is 4. The van der Waals surface area contributed by atoms with E-state index in [1.54, 1.807) is 0 Å². The van der Waals surface area contributed by atoms with Crippen LogP contribution in [0.15, 0.2) is 0 Å². The fourth-order valence-corrected chi connectivity index (χ4v) is 3.12. The molecule has 0 radical (unpaired) electrons. The molecule has 0 aliphatic carbocycles. The minimum absolute atomic E-state index is 0.0258. The van der Waals surface area contributed by atoms with Crippen molar-refractivity contribution in [3.63, 3.8) is 0 Å². The van der Waals surface area contributed by atoms with Crippen molar-refractivity contribution < 1.29 is 14.3 Å². The zero-order valence-corrected chi connectivity index (χ0v) is 11.4. The molecule has 2 saturated heterocycles. The molecule has 0 aromatic heterocycles. The van der Waals surface area contributed by atoms with Gasteiger partial charge in [0.05, 0.1) is 0 Å². The largest absolute Gasteiger partial charge is 0.452 e. The molecule has 5 heteroatoms. The normalized spacial score (nSPS) is 28.5. The van der Waals surface area contributed by atoms with E-state index in [9.17, 15) is 9.59 Å². The highest BCUT2D eigenvalue weighted by atomic mass is 16.5. The summed E-state index contributed by atoms with van der Waals surface area (Å²) >= 11 is 0. The van der Waals surface area contributed by atoms with Crippen molar-refractivity contribution in [1.82, 2.24) is 10.2 Å². The molecule has 1 unspecified atom stereocenters. The summed E-state index contributed by atoms with van der Waals surface area (Å²) in [6.45, 7) is 7.35. The van der Waals surface area contributed by atoms with Crippen molar-refractivity contribution >= 4 is 11.9 Å². The summed E-state index contributed by atoms with van der Waals surface area (Å²) in [7, 11) is 0. The van der Waals surface area contributed by atoms with Gasteiger partial charge in [0.15, 0.2) is 6.10 Å². The van der Waals surface area contributed by atoms with E-state index in [1.807, 2.05) is 4.90 Å². The average molecular weight is 254 g/mol. The van der Waals surface area contributed by atoms with Crippen LogP contribution in [0.1, 0.15) is 40.0 Å². The summed E-state index contributed by atoms with van der Waals surface area (Å²) in [6.07, 6.45) is 1.95. The Balaban J connectivity index is 2.12. The van der Waals surface area contributed by atoms with E-state index in [0.29, 0.717) is 6.42 Å². The fraction of sp³-hybridized carbons (Fsp3) is 0.846. The van der Waals surface area contributed by atoms with Gasteiger partial charge in [-0.2, -0.15) is 0 Å². The highest BCUT2D eigenvalue weighted by Gasteiger charge is 2.49. The van der Waals surface area contributed by atoms with Crippen molar-refractivity contribution in [2.24, 2.45) is 0 Å². The highest BCUT2D eigenvalue weighted by Crippen LogP contribution is 2.35. The van der Waals surface area contributed by atoms with Gasteiger partial charge in [0.2, 0.25) is 0 Å². The smallest absolute Gasteiger partial charge is 0.303 e. The molecule has 0 aromatic carbocycles. The molecule has 0 saturated carbocycles. The van der Waals surface area contributed by atoms with Crippen LogP contribution in [-0.2, 0) is 14.3 Å². The summed E-state index contributed by atoms with van der Waals surface area (Å²) in [4.78, 5) is 25.4. The number of carbonyl (C=O) groups is 2. The highest BCUT2D eigenvalue weighted by molar-refractivity contribution is 5.86. The average Bonchev–Trinajstić information content (AvgIpc) is 2.49. The maximum atomic E-state index is 12.4. The number of piperidine rings is 1. The molecular weight excluding hydrogens is 232 g/mol. The van der Waals surface area contributed by atoms with Crippen LogP contribution in [0, 0.1) is 0 Å². The van der Waals surface area contributed by atoms with E-state index >= 15 is 0 Å². The van der Waals surface area contributed by atoms with Gasteiger partial charge in [-0.15, -0.1) is 0 Å². The van der Waals surface area contributed by atoms with Gasteiger partial charge < -0.3 is 15.0 Å². The summed E-state index contributed by atoms with van der Waals surface area (Å²) in [6, 6.07) is 0.273. The van der Waals surface area contributed by atoms with Gasteiger partial charge in [-0.3, -0.25) is 9.59 Å². The second kappa shape index (κ2) is 4.88. The van der Waals surface area contributed by atoms with Crippen molar-refractivity contribution in [3.05, 3.63) is 0 Å². The second-order valence-corrected chi connectivity index (χ2v) is 5.80. The molecule has 2 aliphatic rings. The first-order chi connectivity index (χ1) is 8.42. The predicted molar refractivity (Wildman–Crippen MR) is 67.0 cm³/mol. The second-order valence-electron chi connectivity index (χ2n) is 5.80. The van der Waals surface area contributed by atoms with Crippen LogP contribution in [0.5, 0.6) is 0 Å². The van der Waals surface area contributed by atoms with E-state index in [4.69, 9.17) is 4.74 Å². The third kappa shape index (κ3) is 2.51. The molecule has 18 heavy (non-hydrogen) atoms. The van der Waals surface area contributed by atoms with Gasteiger partial charge in [0, 0.05) is 24.9 Å². The molecule has 5 nitrogen and oxygen atoms in total. The van der Waals surface area contributed by atoms with E-state index < -0.39 is 6.10 Å². The first kappa shape index (κ1) is 13.3. The predicted octanol–water partition coefficient (Wildman–Crippen LogP) is 0.681. The molecule has 0 aromatic rings. The monoisotopic (exact) mass is 254 g/mol. The first-order valence-electron chi connectivity index (χ1n) is 6.63. The fourth-order valence-electron chi connectivity index (χ4n) is 3.12. The van der Waals surface area contributed by atoms with Crippen LogP contribution < -0.4 is 5.32 Å². The van der Waals surface area contributed by atoms with Gasteiger partial charge in [0.25, 0.3) is 5.91 Å². The van der Waals surface area contributed by atoms with E-state index in [2.05, 4.69) is 19.2 Å². The molecule has 2 fully saturated rings. The molecular formula is C13H22N2O3. The van der Waals surface area contributed by atoms with Gasteiger partial charge in [-0.25, -0.2) is 0 Å². The number of nitrogens with zero attached hydrogens (tertiary/aromatic N) is 1. The Bertz CT molecular complexity index is 348. The molecule has 2 heterocycles. The van der Waals surface area contributed by atoms with Crippen LogP contribution in [0.3, 0.4) is 0 Å². The molecule has 0 bridgehead atoms. The number of ether oxygens (including phenoxy) is 1. The topological polar surface area (TPSA) is 58.6 Å². The Hall–Kier alpha value is -1.10. The van der Waals surface area contributed by atoms with Gasteiger partial charge >= 0.3 is 5.97 Å². The van der Waals surface area contributed by atoms with Crippen molar-refractivity contribution in [1.29, 1.82) is 0 Å². The Labute approximate surface area is 108 Å². The molecule has 1 amide bonds. The number of hydrogen-bond donors (Lipinski definition) is 1. The summed E-state index contributed by atoms with van der Waals surface area (Å²) in [5.74, 6) is -0.404. The number of esters is 1. The lowest BCUT2D eigenvalue weighted by atomic mass is 9.96. The maximum Gasteiger partial charge on any atom is 0.303 e. The van der Waals surface area contributed by atoms with Crippen molar-refractivity contribution in [2.45, 2.75) is 57.7 Å². The summed E-state index contributed by atoms with van der Waals surface area (Å²) < 4.78 is 5.13. The van der Waals surface area contributed by atoms with Crippen LogP contribution in [0.2, 0.25) is 0 Å². The van der Waals surface area contributed by atoms with Crippen molar-refractivity contribution in [2.75, 3.05) is 13.1 Å². The number of likely N-dealkylation sites (tertiary alicyclic amines) is 1. The van der Waals surface area contributed by atoms with Crippen LogP contribution in [0.25, 0.3) is 0 Å². The zero-order valence-electron chi connectivity index (χ0n) is 11.4. The zero-order chi connectivity index (χ0) is 13.3. The Morgan fingerprint density at radius 2 is 2.00 bits per heavy atom. The van der Waals surface area contributed by atoms with Crippen LogP contribution in [0.4, 0.5) is 0 Å². The van der Waals surface area contributed by atoms with E-state index in [0.717, 1.165) is 25.9 Å². The summed E-state index contributed by atoms with van der Waals surface area (Å²) in [5.41, 5.74) is -0.223. The molecule has 102 valence electrons. The molecule has 2 aliphatic heterocycles. The Kier molecular flexibility index (Phi) is 3.61. The van der Waals surface area contributed by atoms with Crippen LogP contribution >= 0.6 is 0 Å². The molecule has 0 spiro atoms. The third-order valence-electron chi connectivity index (χ3n) is 3.83. The maximum absolute atomic E-state index is 12.4. The van der Waals surface area contributed by atoms with Gasteiger partial charge in [-0.1, -0.05) is 0 Å². The lowest BCUT2D eigenvalue weighted by molar-refractivity contribution is -0.155. The molecule has 1 N–H and O–H groups in total. The van der Waals surface area contributed by atoms with E-state index in [-0.39, 0.29) is 23.5 Å². The summed E-state index contributed by atoms with van der Waals surface area (Å²) in [5, 5.41) is 3.30. The van der Waals surface area contributed by atoms with Gasteiger partial charge in [0.1, 0.15) is 0 Å². The minimum atomic E-state index is -0.590. The quantitative estimate of drug-likeness (QED) is 0.736.